The minimum atomic E-state index is -2.39. The number of aliphatic hydroxyl groups is 2. The number of Topliss-reactive ketones (excluding diaryl/α,β-unsaturated/α-hetero) is 3. The highest BCUT2D eigenvalue weighted by Crippen LogP contribution is 2.37. The number of ether oxygens (including phenoxy) is 4. The molecule has 0 radical (unpaired) electrons. The topological polar surface area (TPSA) is 166 Å². The largest absolute Gasteiger partial charge is 0.460 e. The lowest BCUT2D eigenvalue weighted by Gasteiger charge is -2.42. The summed E-state index contributed by atoms with van der Waals surface area (Å²) in [6.45, 7) is 14.6. The number of cyclic esters (lactones) is 1. The van der Waals surface area contributed by atoms with Crippen LogP contribution in [-0.2, 0) is 42.9 Å². The molecule has 4 rings (SSSR count). The molecular formula is C51H78FNO11. The monoisotopic (exact) mass is 900 g/mol. The Bertz CT molecular complexity index is 1740. The molecule has 15 atom stereocenters. The number of amides is 1. The Balaban J connectivity index is 1.69. The predicted molar refractivity (Wildman–Crippen MR) is 242 cm³/mol. The number of hydrogen-bond donors (Lipinski definition) is 2. The van der Waals surface area contributed by atoms with Crippen molar-refractivity contribution in [1.82, 2.24) is 4.90 Å². The highest BCUT2D eigenvalue weighted by atomic mass is 19.1. The zero-order chi connectivity index (χ0) is 47.5. The number of rotatable bonds is 5. The van der Waals surface area contributed by atoms with E-state index in [0.717, 1.165) is 5.57 Å². The number of esters is 1. The normalized spacial score (nSPS) is 40.9. The maximum atomic E-state index is 16.2. The first-order chi connectivity index (χ1) is 30.2. The standard InChI is InChI=1S/C51H78FNO11/c1-30-14-15-31(2)18-21-39-22-19-37(8)51(60,64-39)48(57)49(58)53-24-12-11-13-40(53)50(59)63-43(34(5)27-38-20-23-41(54)44(28-38)61-9)29-42(55)33(4)26-35(6)45(52)47(62-10)46(56)36(7)25-32(3)17-16-30/h14-18,26,30,32-34,36-41,43-45,47,54,60H,11-13,19-25,27-29H2,1-10H3/b15-14+,17-16+,31-18+,35-26+/t30?,32-,33-,34-,36-,37-,38+,39?,40?,41-,43+,44-,45-,47-,51?/m1/s1. The van der Waals surface area contributed by atoms with E-state index in [4.69, 9.17) is 18.9 Å². The summed E-state index contributed by atoms with van der Waals surface area (Å²) in [5.41, 5.74) is 1.13. The Hall–Kier alpha value is -3.36. The number of carbonyl (C=O) groups excluding carboxylic acids is 5. The number of ketones is 3. The summed E-state index contributed by atoms with van der Waals surface area (Å²) in [5.74, 6) is -8.11. The van der Waals surface area contributed by atoms with Crippen molar-refractivity contribution in [3.8, 4) is 0 Å². The van der Waals surface area contributed by atoms with Crippen LogP contribution in [0.3, 0.4) is 0 Å². The summed E-state index contributed by atoms with van der Waals surface area (Å²) in [7, 11) is 2.87. The van der Waals surface area contributed by atoms with Crippen LogP contribution in [0.5, 0.6) is 0 Å². The second-order valence-corrected chi connectivity index (χ2v) is 19.7. The Labute approximate surface area is 381 Å². The molecule has 2 bridgehead atoms. The average molecular weight is 900 g/mol. The SMILES string of the molecule is CO[C@@H]1C[C@H](C[C@@H](C)[C@@H]2CC(=O)[C@H](C)/C=C(\C)[C@@H](F)[C@@H](OC)C(=O)[C@H](C)C[C@H](C)/C=C/C(C)/C=C/C(C)=C/CC3CC[C@@H](C)C(O)(O3)C(=O)C(=O)N3CCCCC3C(=O)O2)CC[C@H]1O. The third-order valence-electron chi connectivity index (χ3n) is 14.2. The number of piperidine rings is 1. The van der Waals surface area contributed by atoms with Gasteiger partial charge in [-0.05, 0) is 114 Å². The van der Waals surface area contributed by atoms with Crippen molar-refractivity contribution in [1.29, 1.82) is 0 Å². The lowest BCUT2D eigenvalue weighted by atomic mass is 9.78. The summed E-state index contributed by atoms with van der Waals surface area (Å²) in [6.07, 6.45) is 11.5. The summed E-state index contributed by atoms with van der Waals surface area (Å²) in [6, 6.07) is -1.14. The number of aliphatic hydroxyl groups excluding tert-OH is 1. The second-order valence-electron chi connectivity index (χ2n) is 19.7. The van der Waals surface area contributed by atoms with Crippen LogP contribution < -0.4 is 0 Å². The Kier molecular flexibility index (Phi) is 20.3. The molecule has 0 aromatic carbocycles. The van der Waals surface area contributed by atoms with E-state index < -0.39 is 77.8 Å². The first-order valence-electron chi connectivity index (χ1n) is 23.8. The minimum absolute atomic E-state index is 0.0165. The smallest absolute Gasteiger partial charge is 0.329 e. The Morgan fingerprint density at radius 1 is 0.922 bits per heavy atom. The number of allylic oxidation sites excluding steroid dienone is 6. The average Bonchev–Trinajstić information content (AvgIpc) is 3.27. The third kappa shape index (κ3) is 14.1. The van der Waals surface area contributed by atoms with E-state index in [2.05, 4.69) is 6.08 Å². The zero-order valence-corrected chi connectivity index (χ0v) is 40.1. The number of hydrogen-bond acceptors (Lipinski definition) is 11. The van der Waals surface area contributed by atoms with E-state index in [-0.39, 0.29) is 66.3 Å². The summed E-state index contributed by atoms with van der Waals surface area (Å²) in [4.78, 5) is 71.4. The van der Waals surface area contributed by atoms with Gasteiger partial charge in [0.25, 0.3) is 11.7 Å². The van der Waals surface area contributed by atoms with Crippen LogP contribution >= 0.6 is 0 Å². The van der Waals surface area contributed by atoms with Gasteiger partial charge < -0.3 is 34.1 Å². The molecular weight excluding hydrogens is 822 g/mol. The van der Waals surface area contributed by atoms with Gasteiger partial charge in [0.15, 0.2) is 18.1 Å². The number of fused-ring (bicyclic) bond motifs is 3. The molecule has 13 heteroatoms. The fourth-order valence-electron chi connectivity index (χ4n) is 9.87. The van der Waals surface area contributed by atoms with Crippen LogP contribution in [0.2, 0.25) is 0 Å². The Morgan fingerprint density at radius 3 is 2.33 bits per heavy atom. The fraction of sp³-hybridized carbons (Fsp3) is 0.745. The highest BCUT2D eigenvalue weighted by molar-refractivity contribution is 6.39. The van der Waals surface area contributed by atoms with Gasteiger partial charge in [-0.2, -0.15) is 0 Å². The minimum Gasteiger partial charge on any atom is -0.460 e. The van der Waals surface area contributed by atoms with E-state index in [0.29, 0.717) is 64.2 Å². The molecule has 1 aliphatic carbocycles. The van der Waals surface area contributed by atoms with Gasteiger partial charge in [0, 0.05) is 44.9 Å². The molecule has 3 aliphatic heterocycles. The van der Waals surface area contributed by atoms with E-state index in [1.807, 2.05) is 52.0 Å². The molecule has 2 N–H and O–H groups in total. The van der Waals surface area contributed by atoms with Gasteiger partial charge in [-0.3, -0.25) is 19.2 Å². The molecule has 1 saturated carbocycles. The molecule has 0 aromatic heterocycles. The van der Waals surface area contributed by atoms with Crippen LogP contribution in [0, 0.1) is 41.4 Å². The number of alkyl halides is 1. The number of carbonyl (C=O) groups is 5. The van der Waals surface area contributed by atoms with Crippen molar-refractivity contribution in [3.05, 3.63) is 47.6 Å². The quantitative estimate of drug-likeness (QED) is 0.157. The molecule has 3 fully saturated rings. The third-order valence-corrected chi connectivity index (χ3v) is 14.2. The summed E-state index contributed by atoms with van der Waals surface area (Å²) < 4.78 is 39.5. The lowest BCUT2D eigenvalue weighted by Crippen LogP contribution is -2.60. The molecule has 4 aliphatic rings. The van der Waals surface area contributed by atoms with E-state index in [9.17, 15) is 34.2 Å². The molecule has 0 spiro atoms. The lowest BCUT2D eigenvalue weighted by molar-refractivity contribution is -0.262. The molecule has 2 saturated heterocycles. The summed E-state index contributed by atoms with van der Waals surface area (Å²) in [5, 5.41) is 22.3. The van der Waals surface area contributed by atoms with Crippen LogP contribution in [0.4, 0.5) is 4.39 Å². The van der Waals surface area contributed by atoms with Gasteiger partial charge in [0.2, 0.25) is 5.79 Å². The number of halogens is 1. The van der Waals surface area contributed by atoms with Crippen LogP contribution in [0.25, 0.3) is 0 Å². The van der Waals surface area contributed by atoms with Crippen molar-refractivity contribution in [2.45, 2.75) is 181 Å². The van der Waals surface area contributed by atoms with Gasteiger partial charge in [-0.25, -0.2) is 9.18 Å². The van der Waals surface area contributed by atoms with Crippen molar-refractivity contribution in [2.75, 3.05) is 20.8 Å². The van der Waals surface area contributed by atoms with Crippen LogP contribution in [0.15, 0.2) is 47.6 Å². The van der Waals surface area contributed by atoms with Crippen LogP contribution in [0.1, 0.15) is 132 Å². The Morgan fingerprint density at radius 2 is 1.64 bits per heavy atom. The first kappa shape index (κ1) is 53.3. The highest BCUT2D eigenvalue weighted by Gasteiger charge is 2.52. The molecule has 1 amide bonds. The fourth-order valence-corrected chi connectivity index (χ4v) is 9.87. The number of nitrogens with zero attached hydrogens (tertiary/aromatic N) is 1. The zero-order valence-electron chi connectivity index (χ0n) is 40.1. The predicted octanol–water partition coefficient (Wildman–Crippen LogP) is 7.78. The van der Waals surface area contributed by atoms with Gasteiger partial charge in [0.1, 0.15) is 17.9 Å². The molecule has 3 heterocycles. The molecule has 12 nitrogen and oxygen atoms in total. The van der Waals surface area contributed by atoms with Crippen molar-refractivity contribution in [3.63, 3.8) is 0 Å². The van der Waals surface area contributed by atoms with Crippen LogP contribution in [-0.4, -0.2) is 114 Å². The molecule has 0 aromatic rings. The molecule has 4 unspecified atom stereocenters. The maximum Gasteiger partial charge on any atom is 0.329 e. The van der Waals surface area contributed by atoms with E-state index >= 15 is 4.39 Å². The van der Waals surface area contributed by atoms with E-state index in [1.165, 1.54) is 25.0 Å². The van der Waals surface area contributed by atoms with Gasteiger partial charge in [-0.1, -0.05) is 83.6 Å². The first-order valence-corrected chi connectivity index (χ1v) is 23.8. The van der Waals surface area contributed by atoms with Crippen molar-refractivity contribution in [2.24, 2.45) is 41.4 Å². The van der Waals surface area contributed by atoms with E-state index in [1.54, 1.807) is 27.9 Å². The number of methoxy groups -OCH3 is 2. The molecule has 360 valence electrons. The van der Waals surface area contributed by atoms with Crippen molar-refractivity contribution < 1.29 is 57.5 Å². The van der Waals surface area contributed by atoms with Crippen molar-refractivity contribution >= 4 is 29.2 Å². The summed E-state index contributed by atoms with van der Waals surface area (Å²) >= 11 is 0. The second kappa shape index (κ2) is 24.4. The van der Waals surface area contributed by atoms with Gasteiger partial charge in [0.05, 0.1) is 18.3 Å². The van der Waals surface area contributed by atoms with Gasteiger partial charge in [-0.15, -0.1) is 0 Å². The maximum absolute atomic E-state index is 16.2. The van der Waals surface area contributed by atoms with Gasteiger partial charge >= 0.3 is 5.97 Å². The molecule has 64 heavy (non-hydrogen) atoms.